The van der Waals surface area contributed by atoms with Crippen LogP contribution in [0.25, 0.3) is 0 Å². The molecule has 0 aliphatic carbocycles. The number of nitrogens with one attached hydrogen (secondary N) is 1. The topological polar surface area (TPSA) is 55.1 Å². The van der Waals surface area contributed by atoms with Gasteiger partial charge in [0.05, 0.1) is 0 Å². The highest BCUT2D eigenvalue weighted by molar-refractivity contribution is 5.76. The van der Waals surface area contributed by atoms with Crippen LogP contribution in [0.4, 0.5) is 0 Å². The molecule has 0 unspecified atom stereocenters. The zero-order valence-electron chi connectivity index (χ0n) is 6.19. The Hall–Kier alpha value is -0.570. The summed E-state index contributed by atoms with van der Waals surface area (Å²) >= 11 is 0. The summed E-state index contributed by atoms with van der Waals surface area (Å²) in [5.41, 5.74) is 5.16. The minimum atomic E-state index is -0.389. The van der Waals surface area contributed by atoms with Crippen molar-refractivity contribution in [1.29, 1.82) is 0 Å². The fraction of sp³-hybridized carbons (Fsp3) is 0.833. The zero-order chi connectivity index (χ0) is 7.49. The number of carbonyl (C=O) groups is 1. The highest BCUT2D eigenvalue weighted by Gasteiger charge is 2.14. The summed E-state index contributed by atoms with van der Waals surface area (Å²) in [6.07, 6.45) is 0.378. The van der Waals surface area contributed by atoms with Crippen molar-refractivity contribution in [3.8, 4) is 0 Å². The van der Waals surface area contributed by atoms with E-state index >= 15 is 0 Å². The fourth-order valence-corrected chi connectivity index (χ4v) is 0.502. The van der Waals surface area contributed by atoms with Crippen molar-refractivity contribution in [2.24, 2.45) is 5.73 Å². The van der Waals surface area contributed by atoms with Gasteiger partial charge in [-0.2, -0.15) is 0 Å². The Balaban J connectivity index is 3.60. The molecule has 0 aliphatic rings. The molecule has 54 valence electrons. The Bertz CT molecular complexity index is 104. The van der Waals surface area contributed by atoms with E-state index < -0.39 is 0 Å². The molecule has 0 aromatic heterocycles. The monoisotopic (exact) mass is 130 g/mol. The fourth-order valence-electron chi connectivity index (χ4n) is 0.502. The molecule has 0 heterocycles. The number of rotatable bonds is 2. The van der Waals surface area contributed by atoms with Gasteiger partial charge in [0.1, 0.15) is 0 Å². The Kier molecular flexibility index (Phi) is 2.65. The standard InChI is InChI=1S/C6H14N2O/c1-6(2,7)4-5(9)8-3/h4,7H2,1-3H3,(H,8,9). The first kappa shape index (κ1) is 8.43. The molecular weight excluding hydrogens is 116 g/mol. The van der Waals surface area contributed by atoms with Gasteiger partial charge in [-0.05, 0) is 13.8 Å². The van der Waals surface area contributed by atoms with Gasteiger partial charge in [-0.3, -0.25) is 4.79 Å². The molecule has 0 aliphatic heterocycles. The largest absolute Gasteiger partial charge is 0.359 e. The molecule has 0 fully saturated rings. The predicted molar refractivity (Wildman–Crippen MR) is 37.0 cm³/mol. The van der Waals surface area contributed by atoms with Crippen LogP contribution < -0.4 is 11.1 Å². The average molecular weight is 130 g/mol. The average Bonchev–Trinajstić information content (AvgIpc) is 1.62. The number of hydrogen-bond acceptors (Lipinski definition) is 2. The van der Waals surface area contributed by atoms with Crippen molar-refractivity contribution in [3.05, 3.63) is 0 Å². The molecule has 0 bridgehead atoms. The molecule has 0 rings (SSSR count). The second-order valence-electron chi connectivity index (χ2n) is 2.84. The molecular formula is C6H14N2O. The maximum Gasteiger partial charge on any atom is 0.221 e. The molecule has 0 saturated carbocycles. The van der Waals surface area contributed by atoms with E-state index in [0.717, 1.165) is 0 Å². The van der Waals surface area contributed by atoms with Crippen LogP contribution in [0.1, 0.15) is 20.3 Å². The first-order chi connectivity index (χ1) is 3.95. The van der Waals surface area contributed by atoms with Gasteiger partial charge in [0.2, 0.25) is 5.91 Å². The Labute approximate surface area is 55.6 Å². The zero-order valence-corrected chi connectivity index (χ0v) is 6.19. The minimum Gasteiger partial charge on any atom is -0.359 e. The Morgan fingerprint density at radius 1 is 1.67 bits per heavy atom. The first-order valence-electron chi connectivity index (χ1n) is 2.95. The number of carbonyl (C=O) groups excluding carboxylic acids is 1. The highest BCUT2D eigenvalue weighted by atomic mass is 16.1. The lowest BCUT2D eigenvalue weighted by atomic mass is 10.0. The summed E-state index contributed by atoms with van der Waals surface area (Å²) in [4.78, 5) is 10.6. The van der Waals surface area contributed by atoms with Crippen LogP contribution in [-0.2, 0) is 4.79 Å². The molecule has 3 heteroatoms. The van der Waals surface area contributed by atoms with Gasteiger partial charge in [0.25, 0.3) is 0 Å². The van der Waals surface area contributed by atoms with Gasteiger partial charge in [0, 0.05) is 19.0 Å². The van der Waals surface area contributed by atoms with E-state index in [9.17, 15) is 4.79 Å². The van der Waals surface area contributed by atoms with E-state index in [0.29, 0.717) is 6.42 Å². The van der Waals surface area contributed by atoms with Crippen molar-refractivity contribution in [2.45, 2.75) is 25.8 Å². The van der Waals surface area contributed by atoms with E-state index in [1.165, 1.54) is 0 Å². The number of amides is 1. The van der Waals surface area contributed by atoms with E-state index in [1.807, 2.05) is 13.8 Å². The smallest absolute Gasteiger partial charge is 0.221 e. The van der Waals surface area contributed by atoms with Gasteiger partial charge in [-0.15, -0.1) is 0 Å². The van der Waals surface area contributed by atoms with Crippen LogP contribution in [0.5, 0.6) is 0 Å². The number of nitrogens with two attached hydrogens (primary N) is 1. The normalized spacial score (nSPS) is 11.1. The third-order valence-electron chi connectivity index (χ3n) is 0.895. The van der Waals surface area contributed by atoms with Crippen molar-refractivity contribution in [1.82, 2.24) is 5.32 Å². The molecule has 0 aromatic rings. The van der Waals surface area contributed by atoms with Crippen LogP contribution in [0.15, 0.2) is 0 Å². The number of hydrogen-bond donors (Lipinski definition) is 2. The van der Waals surface area contributed by atoms with Gasteiger partial charge in [0.15, 0.2) is 0 Å². The highest BCUT2D eigenvalue weighted by Crippen LogP contribution is 2.01. The summed E-state index contributed by atoms with van der Waals surface area (Å²) in [5.74, 6) is -0.0116. The van der Waals surface area contributed by atoms with E-state index in [4.69, 9.17) is 5.73 Å². The second kappa shape index (κ2) is 2.82. The third-order valence-corrected chi connectivity index (χ3v) is 0.895. The van der Waals surface area contributed by atoms with Gasteiger partial charge < -0.3 is 11.1 Å². The van der Waals surface area contributed by atoms with Crippen LogP contribution in [0.2, 0.25) is 0 Å². The molecule has 0 saturated heterocycles. The molecule has 1 amide bonds. The Morgan fingerprint density at radius 3 is 2.22 bits per heavy atom. The van der Waals surface area contributed by atoms with Crippen LogP contribution in [-0.4, -0.2) is 18.5 Å². The summed E-state index contributed by atoms with van der Waals surface area (Å²) in [6, 6.07) is 0. The second-order valence-corrected chi connectivity index (χ2v) is 2.84. The van der Waals surface area contributed by atoms with Crippen molar-refractivity contribution in [3.63, 3.8) is 0 Å². The molecule has 0 aromatic carbocycles. The van der Waals surface area contributed by atoms with Gasteiger partial charge in [-0.1, -0.05) is 0 Å². The summed E-state index contributed by atoms with van der Waals surface area (Å²) in [5, 5.41) is 2.50. The third kappa shape index (κ3) is 5.30. The van der Waals surface area contributed by atoms with Crippen molar-refractivity contribution < 1.29 is 4.79 Å². The lowest BCUT2D eigenvalue weighted by Crippen LogP contribution is -2.37. The van der Waals surface area contributed by atoms with Crippen molar-refractivity contribution >= 4 is 5.91 Å². The molecule has 0 spiro atoms. The molecule has 9 heavy (non-hydrogen) atoms. The van der Waals surface area contributed by atoms with Crippen molar-refractivity contribution in [2.75, 3.05) is 7.05 Å². The quantitative estimate of drug-likeness (QED) is 0.546. The van der Waals surface area contributed by atoms with Crippen LogP contribution >= 0.6 is 0 Å². The molecule has 3 nitrogen and oxygen atoms in total. The lowest BCUT2D eigenvalue weighted by Gasteiger charge is -2.16. The van der Waals surface area contributed by atoms with Gasteiger partial charge in [-0.25, -0.2) is 0 Å². The predicted octanol–water partition coefficient (Wildman–Crippen LogP) is -0.140. The SMILES string of the molecule is CNC(=O)CC(C)(C)N. The van der Waals surface area contributed by atoms with Crippen LogP contribution in [0.3, 0.4) is 0 Å². The Morgan fingerprint density at radius 2 is 2.11 bits per heavy atom. The molecule has 3 N–H and O–H groups in total. The summed E-state index contributed by atoms with van der Waals surface area (Å²) < 4.78 is 0. The lowest BCUT2D eigenvalue weighted by molar-refractivity contribution is -0.121. The minimum absolute atomic E-state index is 0.0116. The maximum absolute atomic E-state index is 10.6. The summed E-state index contributed by atoms with van der Waals surface area (Å²) in [6.45, 7) is 3.64. The molecule has 0 atom stereocenters. The van der Waals surface area contributed by atoms with E-state index in [1.54, 1.807) is 7.05 Å². The first-order valence-corrected chi connectivity index (χ1v) is 2.95. The summed E-state index contributed by atoms with van der Waals surface area (Å²) in [7, 11) is 1.61. The van der Waals surface area contributed by atoms with E-state index in [-0.39, 0.29) is 11.4 Å². The van der Waals surface area contributed by atoms with Crippen LogP contribution in [0, 0.1) is 0 Å². The van der Waals surface area contributed by atoms with E-state index in [2.05, 4.69) is 5.32 Å². The maximum atomic E-state index is 10.6. The van der Waals surface area contributed by atoms with Gasteiger partial charge >= 0.3 is 0 Å². The molecule has 0 radical (unpaired) electrons.